The van der Waals surface area contributed by atoms with Gasteiger partial charge in [0.05, 0.1) is 5.69 Å². The van der Waals surface area contributed by atoms with Crippen LogP contribution in [0.3, 0.4) is 0 Å². The monoisotopic (exact) mass is 415 g/mol. The van der Waals surface area contributed by atoms with E-state index >= 15 is 0 Å². The first-order valence-corrected chi connectivity index (χ1v) is 9.20. The number of hydrogen-bond donors (Lipinski definition) is 1. The van der Waals surface area contributed by atoms with Crippen molar-refractivity contribution in [3.8, 4) is 17.0 Å². The third-order valence-corrected chi connectivity index (χ3v) is 4.46. The van der Waals surface area contributed by atoms with Crippen LogP contribution in [0.4, 0.5) is 5.95 Å². The highest BCUT2D eigenvalue weighted by atomic mass is 35.5. The van der Waals surface area contributed by atoms with Gasteiger partial charge in [-0.25, -0.2) is 9.97 Å². The molecule has 0 unspecified atom stereocenters. The number of benzene rings is 2. The van der Waals surface area contributed by atoms with Crippen LogP contribution >= 0.6 is 23.2 Å². The minimum atomic E-state index is 0.277. The second-order valence-corrected chi connectivity index (χ2v) is 6.97. The molecule has 0 amide bonds. The fraction of sp³-hybridized carbons (Fsp3) is 0.150. The van der Waals surface area contributed by atoms with Crippen molar-refractivity contribution in [1.82, 2.24) is 14.9 Å². The highest BCUT2D eigenvalue weighted by molar-refractivity contribution is 6.35. The fourth-order valence-electron chi connectivity index (χ4n) is 2.35. The predicted molar refractivity (Wildman–Crippen MR) is 113 cm³/mol. The van der Waals surface area contributed by atoms with Gasteiger partial charge in [-0.2, -0.15) is 4.99 Å². The first kappa shape index (κ1) is 19.9. The maximum absolute atomic E-state index is 6.23. The molecular formula is C20H19Cl2N5O. The van der Waals surface area contributed by atoms with Gasteiger partial charge < -0.3 is 15.4 Å². The summed E-state index contributed by atoms with van der Waals surface area (Å²) in [4.78, 5) is 14.5. The molecule has 144 valence electrons. The average Bonchev–Trinajstić information content (AvgIpc) is 2.67. The molecule has 8 heteroatoms. The van der Waals surface area contributed by atoms with E-state index in [2.05, 4.69) is 15.0 Å². The Hall–Kier alpha value is -2.83. The number of nitrogens with two attached hydrogens (primary N) is 1. The Kier molecular flexibility index (Phi) is 6.34. The van der Waals surface area contributed by atoms with Crippen LogP contribution in [-0.4, -0.2) is 34.9 Å². The summed E-state index contributed by atoms with van der Waals surface area (Å²) in [5.41, 5.74) is 8.19. The summed E-state index contributed by atoms with van der Waals surface area (Å²) in [6.45, 7) is 0.302. The van der Waals surface area contributed by atoms with Gasteiger partial charge >= 0.3 is 0 Å². The number of guanidine groups is 1. The molecule has 3 rings (SSSR count). The molecule has 0 saturated heterocycles. The molecule has 0 bridgehead atoms. The summed E-state index contributed by atoms with van der Waals surface area (Å²) >= 11 is 12.2. The molecule has 0 aliphatic rings. The van der Waals surface area contributed by atoms with E-state index in [4.69, 9.17) is 33.7 Å². The largest absolute Gasteiger partial charge is 0.488 e. The third kappa shape index (κ3) is 4.91. The second kappa shape index (κ2) is 8.91. The Balaban J connectivity index is 1.87. The van der Waals surface area contributed by atoms with Gasteiger partial charge in [0.2, 0.25) is 0 Å². The van der Waals surface area contributed by atoms with Crippen molar-refractivity contribution in [3.05, 3.63) is 70.3 Å². The SMILES string of the molecule is CN(C)/C(N)=N\c1nccc(-c2ccccc2OCc2ccc(Cl)cc2Cl)n1. The first-order chi connectivity index (χ1) is 13.4. The van der Waals surface area contributed by atoms with E-state index in [9.17, 15) is 0 Å². The molecular weight excluding hydrogens is 397 g/mol. The molecule has 2 aromatic carbocycles. The van der Waals surface area contributed by atoms with E-state index in [-0.39, 0.29) is 5.95 Å². The Morgan fingerprint density at radius 3 is 2.68 bits per heavy atom. The highest BCUT2D eigenvalue weighted by Gasteiger charge is 2.10. The van der Waals surface area contributed by atoms with Crippen molar-refractivity contribution in [2.24, 2.45) is 10.7 Å². The van der Waals surface area contributed by atoms with Gasteiger partial charge in [-0.05, 0) is 30.3 Å². The van der Waals surface area contributed by atoms with Crippen molar-refractivity contribution in [2.75, 3.05) is 14.1 Å². The van der Waals surface area contributed by atoms with E-state index in [1.165, 1.54) is 0 Å². The van der Waals surface area contributed by atoms with E-state index < -0.39 is 0 Å². The third-order valence-electron chi connectivity index (χ3n) is 3.88. The number of ether oxygens (including phenoxy) is 1. The molecule has 0 radical (unpaired) electrons. The van der Waals surface area contributed by atoms with E-state index in [1.807, 2.05) is 30.3 Å². The lowest BCUT2D eigenvalue weighted by Gasteiger charge is -2.13. The van der Waals surface area contributed by atoms with Crippen LogP contribution in [-0.2, 0) is 6.61 Å². The standard InChI is InChI=1S/C20H19Cl2N5O/c1-27(2)19(23)26-20-24-10-9-17(25-20)15-5-3-4-6-18(15)28-12-13-7-8-14(21)11-16(13)22/h3-11H,12H2,1-2H3,(H2,23,24,25,26). The van der Waals surface area contributed by atoms with E-state index in [0.29, 0.717) is 34.1 Å². The van der Waals surface area contributed by atoms with Gasteiger partial charge in [0.15, 0.2) is 5.96 Å². The topological polar surface area (TPSA) is 76.6 Å². The van der Waals surface area contributed by atoms with Crippen LogP contribution in [0, 0.1) is 0 Å². The van der Waals surface area contributed by atoms with E-state index in [1.54, 1.807) is 43.4 Å². The van der Waals surface area contributed by atoms with Crippen molar-refractivity contribution in [2.45, 2.75) is 6.61 Å². The Morgan fingerprint density at radius 1 is 1.14 bits per heavy atom. The zero-order valence-electron chi connectivity index (χ0n) is 15.4. The van der Waals surface area contributed by atoms with Gasteiger partial charge in [-0.3, -0.25) is 0 Å². The number of rotatable bonds is 5. The molecule has 0 saturated carbocycles. The lowest BCUT2D eigenvalue weighted by atomic mass is 10.1. The number of halogens is 2. The lowest BCUT2D eigenvalue weighted by molar-refractivity contribution is 0.307. The second-order valence-electron chi connectivity index (χ2n) is 6.13. The number of para-hydroxylation sites is 1. The highest BCUT2D eigenvalue weighted by Crippen LogP contribution is 2.30. The summed E-state index contributed by atoms with van der Waals surface area (Å²) in [6, 6.07) is 14.7. The maximum Gasteiger partial charge on any atom is 0.253 e. The summed E-state index contributed by atoms with van der Waals surface area (Å²) in [6.07, 6.45) is 1.64. The lowest BCUT2D eigenvalue weighted by Crippen LogP contribution is -2.29. The first-order valence-electron chi connectivity index (χ1n) is 8.44. The van der Waals surface area contributed by atoms with Crippen LogP contribution in [0.2, 0.25) is 10.0 Å². The molecule has 0 atom stereocenters. The Bertz CT molecular complexity index is 1010. The minimum absolute atomic E-state index is 0.277. The van der Waals surface area contributed by atoms with Gasteiger partial charge in [-0.1, -0.05) is 41.4 Å². The van der Waals surface area contributed by atoms with Crippen molar-refractivity contribution in [3.63, 3.8) is 0 Å². The normalized spacial score (nSPS) is 11.4. The quantitative estimate of drug-likeness (QED) is 0.488. The summed E-state index contributed by atoms with van der Waals surface area (Å²) in [5, 5.41) is 1.14. The minimum Gasteiger partial charge on any atom is -0.488 e. The number of nitrogens with zero attached hydrogens (tertiary/aromatic N) is 4. The van der Waals surface area contributed by atoms with Crippen LogP contribution < -0.4 is 10.5 Å². The molecule has 6 nitrogen and oxygen atoms in total. The summed E-state index contributed by atoms with van der Waals surface area (Å²) in [7, 11) is 3.60. The molecule has 1 aromatic heterocycles. The molecule has 0 aliphatic carbocycles. The Morgan fingerprint density at radius 2 is 1.93 bits per heavy atom. The van der Waals surface area contributed by atoms with Crippen LogP contribution in [0.15, 0.2) is 59.7 Å². The zero-order chi connectivity index (χ0) is 20.1. The molecule has 3 aromatic rings. The smallest absolute Gasteiger partial charge is 0.253 e. The predicted octanol–water partition coefficient (Wildman–Crippen LogP) is 4.54. The van der Waals surface area contributed by atoms with Crippen LogP contribution in [0.1, 0.15) is 5.56 Å². The van der Waals surface area contributed by atoms with Gasteiger partial charge in [0, 0.05) is 41.5 Å². The van der Waals surface area contributed by atoms with Crippen molar-refractivity contribution in [1.29, 1.82) is 0 Å². The van der Waals surface area contributed by atoms with Gasteiger partial charge in [0.1, 0.15) is 12.4 Å². The summed E-state index contributed by atoms with van der Waals surface area (Å²) < 4.78 is 6.00. The number of aromatic nitrogens is 2. The molecule has 1 heterocycles. The van der Waals surface area contributed by atoms with Crippen molar-refractivity contribution >= 4 is 35.1 Å². The van der Waals surface area contributed by atoms with Gasteiger partial charge in [-0.15, -0.1) is 0 Å². The zero-order valence-corrected chi connectivity index (χ0v) is 16.9. The number of hydrogen-bond acceptors (Lipinski definition) is 4. The molecule has 28 heavy (non-hydrogen) atoms. The van der Waals surface area contributed by atoms with Gasteiger partial charge in [0.25, 0.3) is 5.95 Å². The molecule has 0 aliphatic heterocycles. The molecule has 2 N–H and O–H groups in total. The summed E-state index contributed by atoms with van der Waals surface area (Å²) in [5.74, 6) is 1.26. The van der Waals surface area contributed by atoms with E-state index in [0.717, 1.165) is 11.1 Å². The average molecular weight is 416 g/mol. The molecule has 0 fully saturated rings. The number of aliphatic imine (C=N–C) groups is 1. The fourth-order valence-corrected chi connectivity index (χ4v) is 2.82. The van der Waals surface area contributed by atoms with Crippen molar-refractivity contribution < 1.29 is 4.74 Å². The van der Waals surface area contributed by atoms with Crippen LogP contribution in [0.25, 0.3) is 11.3 Å². The Labute approximate surface area is 173 Å². The maximum atomic E-state index is 6.23. The molecule has 0 spiro atoms. The van der Waals surface area contributed by atoms with Crippen LogP contribution in [0.5, 0.6) is 5.75 Å².